The number of fused-ring (bicyclic) bond motifs is 1. The van der Waals surface area contributed by atoms with Crippen molar-refractivity contribution >= 4 is 28.6 Å². The molecule has 2 aromatic rings. The number of amides is 1. The van der Waals surface area contributed by atoms with Crippen molar-refractivity contribution < 1.29 is 9.53 Å². The monoisotopic (exact) mass is 355 g/mol. The van der Waals surface area contributed by atoms with Crippen LogP contribution in [0.4, 0.5) is 11.8 Å². The second kappa shape index (κ2) is 6.72. The number of hydrogen-bond donors (Lipinski definition) is 1. The third-order valence-corrected chi connectivity index (χ3v) is 5.41. The highest BCUT2D eigenvalue weighted by atomic mass is 16.5. The van der Waals surface area contributed by atoms with E-state index in [9.17, 15) is 4.79 Å². The van der Waals surface area contributed by atoms with Gasteiger partial charge in [-0.05, 0) is 49.9 Å². The zero-order valence-corrected chi connectivity index (χ0v) is 15.4. The van der Waals surface area contributed by atoms with Crippen LogP contribution in [0.5, 0.6) is 0 Å². The van der Waals surface area contributed by atoms with E-state index in [2.05, 4.69) is 29.8 Å². The predicted molar refractivity (Wildman–Crippen MR) is 101 cm³/mol. The number of aryl methyl sites for hydroxylation is 2. The van der Waals surface area contributed by atoms with Gasteiger partial charge < -0.3 is 20.3 Å². The Kier molecular flexibility index (Phi) is 4.40. The number of nitrogen functional groups attached to an aromatic ring is 1. The fourth-order valence-electron chi connectivity index (χ4n) is 3.64. The maximum atomic E-state index is 12.5. The lowest BCUT2D eigenvalue weighted by molar-refractivity contribution is -0.141. The summed E-state index contributed by atoms with van der Waals surface area (Å²) in [6.07, 6.45) is 1.56. The first-order valence-corrected chi connectivity index (χ1v) is 9.23. The fraction of sp³-hybridized carbons (Fsp3) is 0.526. The van der Waals surface area contributed by atoms with Crippen molar-refractivity contribution in [3.05, 3.63) is 23.3 Å². The van der Waals surface area contributed by atoms with Crippen molar-refractivity contribution in [3.8, 4) is 0 Å². The van der Waals surface area contributed by atoms with Crippen LogP contribution < -0.4 is 10.6 Å². The number of ether oxygens (including phenoxy) is 1. The number of benzene rings is 1. The van der Waals surface area contributed by atoms with Crippen LogP contribution >= 0.6 is 0 Å². The Balaban J connectivity index is 1.50. The molecule has 138 valence electrons. The minimum Gasteiger partial charge on any atom is -0.383 e. The smallest absolute Gasteiger partial charge is 0.251 e. The summed E-state index contributed by atoms with van der Waals surface area (Å²) in [6, 6.07) is 4.10. The first-order valence-electron chi connectivity index (χ1n) is 9.23. The summed E-state index contributed by atoms with van der Waals surface area (Å²) in [7, 11) is 0. The lowest BCUT2D eigenvalue weighted by atomic mass is 10.1. The Morgan fingerprint density at radius 2 is 1.88 bits per heavy atom. The molecule has 2 saturated heterocycles. The molecule has 26 heavy (non-hydrogen) atoms. The Morgan fingerprint density at radius 1 is 1.15 bits per heavy atom. The lowest BCUT2D eigenvalue weighted by Gasteiger charge is -2.35. The highest BCUT2D eigenvalue weighted by Gasteiger charge is 2.30. The molecule has 2 aliphatic heterocycles. The first-order chi connectivity index (χ1) is 12.5. The van der Waals surface area contributed by atoms with Crippen LogP contribution in [0.15, 0.2) is 12.1 Å². The van der Waals surface area contributed by atoms with Gasteiger partial charge in [0, 0.05) is 38.2 Å². The van der Waals surface area contributed by atoms with E-state index in [0.717, 1.165) is 23.7 Å². The van der Waals surface area contributed by atoms with Crippen molar-refractivity contribution in [1.29, 1.82) is 0 Å². The third-order valence-electron chi connectivity index (χ3n) is 5.41. The molecule has 1 unspecified atom stereocenters. The number of rotatable bonds is 2. The number of hydrogen-bond acceptors (Lipinski definition) is 6. The molecule has 4 rings (SSSR count). The minimum atomic E-state index is -0.250. The molecule has 0 spiro atoms. The topological polar surface area (TPSA) is 84.6 Å². The van der Waals surface area contributed by atoms with Gasteiger partial charge >= 0.3 is 0 Å². The third kappa shape index (κ3) is 3.07. The minimum absolute atomic E-state index is 0.118. The predicted octanol–water partition coefficient (Wildman–Crippen LogP) is 1.66. The maximum Gasteiger partial charge on any atom is 0.251 e. The van der Waals surface area contributed by atoms with E-state index in [1.807, 2.05) is 11.0 Å². The Hall–Kier alpha value is -2.41. The zero-order chi connectivity index (χ0) is 18.3. The average molecular weight is 355 g/mol. The summed E-state index contributed by atoms with van der Waals surface area (Å²) in [4.78, 5) is 25.7. The van der Waals surface area contributed by atoms with Gasteiger partial charge in [-0.15, -0.1) is 0 Å². The van der Waals surface area contributed by atoms with Crippen LogP contribution in [-0.2, 0) is 9.53 Å². The van der Waals surface area contributed by atoms with Crippen molar-refractivity contribution in [1.82, 2.24) is 14.9 Å². The Bertz CT molecular complexity index is 839. The summed E-state index contributed by atoms with van der Waals surface area (Å²) in [5, 5.41) is 0.893. The molecule has 2 aliphatic rings. The van der Waals surface area contributed by atoms with E-state index < -0.39 is 0 Å². The molecule has 7 nitrogen and oxygen atoms in total. The normalized spacial score (nSPS) is 20.8. The molecule has 0 radical (unpaired) electrons. The van der Waals surface area contributed by atoms with Crippen LogP contribution in [0.2, 0.25) is 0 Å². The molecule has 0 saturated carbocycles. The van der Waals surface area contributed by atoms with E-state index in [1.165, 1.54) is 11.1 Å². The molecule has 1 amide bonds. The molecule has 1 aromatic carbocycles. The number of nitrogens with two attached hydrogens (primary N) is 1. The average Bonchev–Trinajstić information content (AvgIpc) is 3.17. The summed E-state index contributed by atoms with van der Waals surface area (Å²) in [5.74, 6) is 1.26. The first kappa shape index (κ1) is 17.0. The molecular weight excluding hydrogens is 330 g/mol. The van der Waals surface area contributed by atoms with Crippen molar-refractivity contribution in [2.75, 3.05) is 43.4 Å². The van der Waals surface area contributed by atoms with Gasteiger partial charge in [0.05, 0.1) is 5.52 Å². The van der Waals surface area contributed by atoms with Gasteiger partial charge in [-0.2, -0.15) is 4.98 Å². The van der Waals surface area contributed by atoms with Crippen LogP contribution in [-0.4, -0.2) is 59.7 Å². The fourth-order valence-corrected chi connectivity index (χ4v) is 3.64. The van der Waals surface area contributed by atoms with E-state index in [1.54, 1.807) is 0 Å². The Labute approximate surface area is 153 Å². The van der Waals surface area contributed by atoms with E-state index in [0.29, 0.717) is 44.6 Å². The van der Waals surface area contributed by atoms with Crippen LogP contribution in [0, 0.1) is 13.8 Å². The van der Waals surface area contributed by atoms with Gasteiger partial charge in [0.1, 0.15) is 11.9 Å². The number of aromatic nitrogens is 2. The van der Waals surface area contributed by atoms with E-state index in [-0.39, 0.29) is 12.0 Å². The molecule has 2 fully saturated rings. The zero-order valence-electron chi connectivity index (χ0n) is 15.4. The number of piperazine rings is 1. The SMILES string of the molecule is Cc1cc2nc(N3CCN(C(=O)C4CCCO4)CC3)nc(N)c2cc1C. The summed E-state index contributed by atoms with van der Waals surface area (Å²) in [5.41, 5.74) is 9.42. The largest absolute Gasteiger partial charge is 0.383 e. The number of anilines is 2. The molecule has 3 heterocycles. The molecular formula is C19H25N5O2. The summed E-state index contributed by atoms with van der Waals surface area (Å²) in [6.45, 7) is 7.55. The molecule has 0 aliphatic carbocycles. The standard InChI is InChI=1S/C19H25N5O2/c1-12-10-14-15(11-13(12)2)21-19(22-17(14)20)24-7-5-23(6-8-24)18(25)16-4-3-9-26-16/h10-11,16H,3-9H2,1-2H3,(H2,20,21,22). The second-order valence-corrected chi connectivity index (χ2v) is 7.18. The number of carbonyl (C=O) groups excluding carboxylic acids is 1. The maximum absolute atomic E-state index is 12.5. The molecule has 0 bridgehead atoms. The quantitative estimate of drug-likeness (QED) is 0.882. The highest BCUT2D eigenvalue weighted by Crippen LogP contribution is 2.25. The van der Waals surface area contributed by atoms with Crippen LogP contribution in [0.3, 0.4) is 0 Å². The molecule has 2 N–H and O–H groups in total. The van der Waals surface area contributed by atoms with Crippen LogP contribution in [0.1, 0.15) is 24.0 Å². The van der Waals surface area contributed by atoms with Gasteiger partial charge in [0.2, 0.25) is 5.95 Å². The van der Waals surface area contributed by atoms with Gasteiger partial charge in [-0.1, -0.05) is 0 Å². The van der Waals surface area contributed by atoms with Crippen molar-refractivity contribution in [3.63, 3.8) is 0 Å². The van der Waals surface area contributed by atoms with E-state index >= 15 is 0 Å². The molecule has 1 aromatic heterocycles. The van der Waals surface area contributed by atoms with Gasteiger partial charge in [-0.25, -0.2) is 4.98 Å². The lowest BCUT2D eigenvalue weighted by Crippen LogP contribution is -2.51. The number of carbonyl (C=O) groups is 1. The summed E-state index contributed by atoms with van der Waals surface area (Å²) >= 11 is 0. The Morgan fingerprint density at radius 3 is 2.58 bits per heavy atom. The molecule has 7 heteroatoms. The van der Waals surface area contributed by atoms with Gasteiger partial charge in [0.25, 0.3) is 5.91 Å². The van der Waals surface area contributed by atoms with Crippen molar-refractivity contribution in [2.24, 2.45) is 0 Å². The van der Waals surface area contributed by atoms with Crippen LogP contribution in [0.25, 0.3) is 10.9 Å². The van der Waals surface area contributed by atoms with Gasteiger partial charge in [-0.3, -0.25) is 4.79 Å². The highest BCUT2D eigenvalue weighted by molar-refractivity contribution is 5.90. The van der Waals surface area contributed by atoms with Crippen molar-refractivity contribution in [2.45, 2.75) is 32.8 Å². The second-order valence-electron chi connectivity index (χ2n) is 7.18. The number of nitrogens with zero attached hydrogens (tertiary/aromatic N) is 4. The van der Waals surface area contributed by atoms with Gasteiger partial charge in [0.15, 0.2) is 0 Å². The van der Waals surface area contributed by atoms with E-state index in [4.69, 9.17) is 15.5 Å². The summed E-state index contributed by atoms with van der Waals surface area (Å²) < 4.78 is 5.52. The molecule has 1 atom stereocenters.